The molecule has 0 aliphatic rings. The molecule has 4 aromatic carbocycles. The maximum absolute atomic E-state index is 14.0. The van der Waals surface area contributed by atoms with Gasteiger partial charge in [-0.15, -0.1) is 0 Å². The molecule has 0 aromatic heterocycles. The van der Waals surface area contributed by atoms with E-state index in [4.69, 9.17) is 21.1 Å². The maximum Gasteiger partial charge on any atom is 0.264 e. The smallest absolute Gasteiger partial charge is 0.264 e. The van der Waals surface area contributed by atoms with E-state index >= 15 is 0 Å². The Kier molecular flexibility index (Phi) is 8.79. The van der Waals surface area contributed by atoms with Crippen molar-refractivity contribution >= 4 is 33.2 Å². The van der Waals surface area contributed by atoms with Gasteiger partial charge >= 0.3 is 0 Å². The van der Waals surface area contributed by atoms with E-state index in [0.29, 0.717) is 33.3 Å². The summed E-state index contributed by atoms with van der Waals surface area (Å²) >= 11 is 6.34. The quantitative estimate of drug-likeness (QED) is 0.261. The third kappa shape index (κ3) is 6.53. The van der Waals surface area contributed by atoms with Crippen molar-refractivity contribution in [2.75, 3.05) is 25.1 Å². The number of ether oxygens (including phenoxy) is 2. The van der Waals surface area contributed by atoms with Crippen molar-refractivity contribution in [3.8, 4) is 22.6 Å². The number of benzene rings is 4. The van der Waals surface area contributed by atoms with Crippen LogP contribution in [0, 0.1) is 6.92 Å². The first-order chi connectivity index (χ1) is 18.7. The number of sulfonamides is 1. The number of rotatable bonds is 10. The molecule has 0 bridgehead atoms. The summed E-state index contributed by atoms with van der Waals surface area (Å²) in [6.07, 6.45) is 0. The molecule has 202 valence electrons. The molecular formula is C30H29ClN2O5S. The number of methoxy groups -OCH3 is 2. The predicted octanol–water partition coefficient (Wildman–Crippen LogP) is 5.84. The number of carbonyl (C=O) groups is 1. The Morgan fingerprint density at radius 2 is 1.46 bits per heavy atom. The first kappa shape index (κ1) is 28.0. The lowest BCUT2D eigenvalue weighted by Crippen LogP contribution is -2.41. The number of nitrogens with zero attached hydrogens (tertiary/aromatic N) is 1. The van der Waals surface area contributed by atoms with Crippen molar-refractivity contribution in [1.82, 2.24) is 5.32 Å². The van der Waals surface area contributed by atoms with Crippen molar-refractivity contribution in [1.29, 1.82) is 0 Å². The fourth-order valence-corrected chi connectivity index (χ4v) is 5.74. The monoisotopic (exact) mass is 564 g/mol. The second-order valence-corrected chi connectivity index (χ2v) is 11.0. The highest BCUT2D eigenvalue weighted by Crippen LogP contribution is 2.32. The number of carbonyl (C=O) groups excluding carboxylic acids is 1. The van der Waals surface area contributed by atoms with E-state index in [2.05, 4.69) is 5.32 Å². The fraction of sp³-hybridized carbons (Fsp3) is 0.167. The van der Waals surface area contributed by atoms with E-state index in [9.17, 15) is 13.2 Å². The van der Waals surface area contributed by atoms with Crippen LogP contribution in [0.4, 0.5) is 5.69 Å². The average molecular weight is 565 g/mol. The normalized spacial score (nSPS) is 11.1. The van der Waals surface area contributed by atoms with Gasteiger partial charge in [0.2, 0.25) is 5.91 Å². The predicted molar refractivity (Wildman–Crippen MR) is 154 cm³/mol. The van der Waals surface area contributed by atoms with E-state index in [0.717, 1.165) is 15.4 Å². The van der Waals surface area contributed by atoms with Gasteiger partial charge in [0.15, 0.2) is 0 Å². The zero-order valence-electron chi connectivity index (χ0n) is 21.8. The number of halogens is 1. The van der Waals surface area contributed by atoms with E-state index in [1.165, 1.54) is 6.07 Å². The summed E-state index contributed by atoms with van der Waals surface area (Å²) in [5.74, 6) is 0.946. The van der Waals surface area contributed by atoms with Crippen molar-refractivity contribution in [2.45, 2.75) is 18.4 Å². The van der Waals surface area contributed by atoms with E-state index < -0.39 is 22.5 Å². The third-order valence-electron chi connectivity index (χ3n) is 6.29. The lowest BCUT2D eigenvalue weighted by atomic mass is 10.1. The molecule has 1 amide bonds. The van der Waals surface area contributed by atoms with Crippen LogP contribution < -0.4 is 19.1 Å². The third-order valence-corrected chi connectivity index (χ3v) is 8.45. The summed E-state index contributed by atoms with van der Waals surface area (Å²) in [7, 11) is -0.986. The van der Waals surface area contributed by atoms with Crippen LogP contribution in [0.25, 0.3) is 11.1 Å². The summed E-state index contributed by atoms with van der Waals surface area (Å²) in [4.78, 5) is 13.1. The molecule has 9 heteroatoms. The molecule has 39 heavy (non-hydrogen) atoms. The Balaban J connectivity index is 1.65. The highest BCUT2D eigenvalue weighted by atomic mass is 35.5. The zero-order valence-corrected chi connectivity index (χ0v) is 23.4. The molecular weight excluding hydrogens is 536 g/mol. The second-order valence-electron chi connectivity index (χ2n) is 8.78. The van der Waals surface area contributed by atoms with Gasteiger partial charge in [-0.25, -0.2) is 8.42 Å². The van der Waals surface area contributed by atoms with Crippen LogP contribution in [-0.2, 0) is 21.4 Å². The lowest BCUT2D eigenvalue weighted by molar-refractivity contribution is -0.119. The molecule has 0 spiro atoms. The highest BCUT2D eigenvalue weighted by molar-refractivity contribution is 7.92. The Labute approximate surface area is 234 Å². The number of amides is 1. The molecule has 0 radical (unpaired) electrons. The van der Waals surface area contributed by atoms with Crippen molar-refractivity contribution in [3.63, 3.8) is 0 Å². The minimum Gasteiger partial charge on any atom is -0.497 e. The zero-order chi connectivity index (χ0) is 28.0. The van der Waals surface area contributed by atoms with Gasteiger partial charge in [0, 0.05) is 11.6 Å². The van der Waals surface area contributed by atoms with Gasteiger partial charge < -0.3 is 14.8 Å². The first-order valence-electron chi connectivity index (χ1n) is 12.1. The summed E-state index contributed by atoms with van der Waals surface area (Å²) in [6.45, 7) is 1.54. The number of anilines is 1. The van der Waals surface area contributed by atoms with Crippen molar-refractivity contribution in [3.05, 3.63) is 107 Å². The Hall–Kier alpha value is -4.01. The molecule has 1 N–H and O–H groups in total. The maximum atomic E-state index is 14.0. The van der Waals surface area contributed by atoms with Gasteiger partial charge in [-0.2, -0.15) is 0 Å². The summed E-state index contributed by atoms with van der Waals surface area (Å²) < 4.78 is 39.6. The standard InChI is InChI=1S/C30H29ClN2O5S/c1-21-28(31)8-5-9-29(21)33(20-30(34)32-19-22-10-14-25(37-2)15-11-22)39(35,36)27-7-4-6-24(18-27)23-12-16-26(38-3)17-13-23/h4-18H,19-20H2,1-3H3,(H,32,34). The van der Waals surface area contributed by atoms with Gasteiger partial charge in [-0.3, -0.25) is 9.10 Å². The molecule has 0 atom stereocenters. The van der Waals surface area contributed by atoms with E-state index in [1.807, 2.05) is 42.5 Å². The topological polar surface area (TPSA) is 84.9 Å². The highest BCUT2D eigenvalue weighted by Gasteiger charge is 2.29. The van der Waals surface area contributed by atoms with E-state index in [-0.39, 0.29) is 11.4 Å². The van der Waals surface area contributed by atoms with Crippen LogP contribution in [0.3, 0.4) is 0 Å². The van der Waals surface area contributed by atoms with Gasteiger partial charge in [0.05, 0.1) is 24.8 Å². The van der Waals surface area contributed by atoms with Gasteiger partial charge in [-0.1, -0.05) is 54.1 Å². The number of hydrogen-bond donors (Lipinski definition) is 1. The SMILES string of the molecule is COc1ccc(CNC(=O)CN(c2cccc(Cl)c2C)S(=O)(=O)c2cccc(-c3ccc(OC)cc3)c2)cc1. The molecule has 4 rings (SSSR count). The molecule has 7 nitrogen and oxygen atoms in total. The second kappa shape index (κ2) is 12.2. The summed E-state index contributed by atoms with van der Waals surface area (Å²) in [6, 6.07) is 26.2. The van der Waals surface area contributed by atoms with Crippen LogP contribution in [0.2, 0.25) is 5.02 Å². The fourth-order valence-electron chi connectivity index (χ4n) is 4.04. The molecule has 0 aliphatic carbocycles. The largest absolute Gasteiger partial charge is 0.497 e. The molecule has 0 saturated heterocycles. The summed E-state index contributed by atoms with van der Waals surface area (Å²) in [5.41, 5.74) is 3.28. The molecule has 4 aromatic rings. The van der Waals surface area contributed by atoms with E-state index in [1.54, 1.807) is 63.6 Å². The van der Waals surface area contributed by atoms with Gasteiger partial charge in [-0.05, 0) is 77.7 Å². The Bertz CT molecular complexity index is 1560. The van der Waals surface area contributed by atoms with Crippen LogP contribution in [0.5, 0.6) is 11.5 Å². The first-order valence-corrected chi connectivity index (χ1v) is 14.0. The average Bonchev–Trinajstić information content (AvgIpc) is 2.96. The molecule has 0 fully saturated rings. The van der Waals surface area contributed by atoms with Gasteiger partial charge in [0.25, 0.3) is 10.0 Å². The van der Waals surface area contributed by atoms with Crippen LogP contribution >= 0.6 is 11.6 Å². The minimum absolute atomic E-state index is 0.0538. The van der Waals surface area contributed by atoms with Crippen molar-refractivity contribution in [2.24, 2.45) is 0 Å². The number of hydrogen-bond acceptors (Lipinski definition) is 5. The molecule has 0 heterocycles. The molecule has 0 saturated carbocycles. The van der Waals surface area contributed by atoms with Gasteiger partial charge in [0.1, 0.15) is 18.0 Å². The lowest BCUT2D eigenvalue weighted by Gasteiger charge is -2.26. The molecule has 0 unspecified atom stereocenters. The Morgan fingerprint density at radius 3 is 2.10 bits per heavy atom. The minimum atomic E-state index is -4.15. The van der Waals surface area contributed by atoms with Crippen LogP contribution in [0.1, 0.15) is 11.1 Å². The number of nitrogens with one attached hydrogen (secondary N) is 1. The van der Waals surface area contributed by atoms with Crippen LogP contribution in [-0.4, -0.2) is 35.1 Å². The van der Waals surface area contributed by atoms with Crippen molar-refractivity contribution < 1.29 is 22.7 Å². The molecule has 0 aliphatic heterocycles. The summed E-state index contributed by atoms with van der Waals surface area (Å²) in [5, 5.41) is 3.21. The Morgan fingerprint density at radius 1 is 0.846 bits per heavy atom. The van der Waals surface area contributed by atoms with Crippen LogP contribution in [0.15, 0.2) is 95.9 Å².